The second-order valence-corrected chi connectivity index (χ2v) is 4.94. The molecule has 0 radical (unpaired) electrons. The van der Waals surface area contributed by atoms with Gasteiger partial charge in [-0.3, -0.25) is 0 Å². The molecule has 2 rings (SSSR count). The molecule has 0 aromatic carbocycles. The van der Waals surface area contributed by atoms with E-state index in [4.69, 9.17) is 14.0 Å². The van der Waals surface area contributed by atoms with Gasteiger partial charge in [-0.2, -0.15) is 4.98 Å². The quantitative estimate of drug-likeness (QED) is 0.849. The number of aromatic nitrogens is 2. The standard InChI is InChI=1S/C13H23N3O3/c1-4-7-14-10(2)11-15-12(16-19-11)13(17-3)5-8-18-9-6-13/h10,14H,4-9H2,1-3H3. The fourth-order valence-electron chi connectivity index (χ4n) is 2.26. The lowest BCUT2D eigenvalue weighted by molar-refractivity contribution is -0.101. The third-order valence-corrected chi connectivity index (χ3v) is 3.61. The van der Waals surface area contributed by atoms with Gasteiger partial charge in [0.05, 0.1) is 6.04 Å². The molecule has 1 saturated heterocycles. The Morgan fingerprint density at radius 2 is 2.16 bits per heavy atom. The Hall–Kier alpha value is -0.980. The van der Waals surface area contributed by atoms with Crippen LogP contribution in [0.15, 0.2) is 4.52 Å². The second kappa shape index (κ2) is 6.45. The summed E-state index contributed by atoms with van der Waals surface area (Å²) in [5, 5.41) is 7.44. The summed E-state index contributed by atoms with van der Waals surface area (Å²) in [6.07, 6.45) is 2.60. The van der Waals surface area contributed by atoms with Crippen LogP contribution in [0.3, 0.4) is 0 Å². The van der Waals surface area contributed by atoms with Crippen LogP contribution in [-0.2, 0) is 15.1 Å². The highest BCUT2D eigenvalue weighted by molar-refractivity contribution is 5.04. The van der Waals surface area contributed by atoms with E-state index >= 15 is 0 Å². The van der Waals surface area contributed by atoms with Crippen LogP contribution in [0.4, 0.5) is 0 Å². The molecule has 1 atom stereocenters. The van der Waals surface area contributed by atoms with Crippen molar-refractivity contribution in [1.82, 2.24) is 15.5 Å². The molecule has 1 N–H and O–H groups in total. The molecule has 1 fully saturated rings. The summed E-state index contributed by atoms with van der Waals surface area (Å²) in [6.45, 7) is 6.42. The number of rotatable bonds is 6. The van der Waals surface area contributed by atoms with E-state index < -0.39 is 5.60 Å². The molecular weight excluding hydrogens is 246 g/mol. The highest BCUT2D eigenvalue weighted by atomic mass is 16.5. The fraction of sp³-hybridized carbons (Fsp3) is 0.846. The lowest BCUT2D eigenvalue weighted by Crippen LogP contribution is -2.36. The number of nitrogens with zero attached hydrogens (tertiary/aromatic N) is 2. The van der Waals surface area contributed by atoms with Gasteiger partial charge in [0.25, 0.3) is 0 Å². The molecule has 0 amide bonds. The summed E-state index contributed by atoms with van der Waals surface area (Å²) in [5.41, 5.74) is -0.454. The van der Waals surface area contributed by atoms with Gasteiger partial charge in [-0.15, -0.1) is 0 Å². The van der Waals surface area contributed by atoms with E-state index in [-0.39, 0.29) is 6.04 Å². The van der Waals surface area contributed by atoms with Gasteiger partial charge in [-0.1, -0.05) is 12.1 Å². The van der Waals surface area contributed by atoms with Crippen molar-refractivity contribution < 1.29 is 14.0 Å². The molecule has 1 aromatic heterocycles. The van der Waals surface area contributed by atoms with Crippen LogP contribution < -0.4 is 5.32 Å². The molecule has 0 bridgehead atoms. The molecule has 0 saturated carbocycles. The normalized spacial score (nSPS) is 20.4. The summed E-state index contributed by atoms with van der Waals surface area (Å²) in [5.74, 6) is 1.25. The minimum Gasteiger partial charge on any atom is -0.381 e. The van der Waals surface area contributed by atoms with E-state index in [1.807, 2.05) is 6.92 Å². The predicted molar refractivity (Wildman–Crippen MR) is 69.7 cm³/mol. The molecular formula is C13H23N3O3. The minimum absolute atomic E-state index is 0.0648. The highest BCUT2D eigenvalue weighted by Crippen LogP contribution is 2.33. The maximum absolute atomic E-state index is 5.65. The Kier molecular flexibility index (Phi) is 4.90. The zero-order valence-corrected chi connectivity index (χ0v) is 11.9. The first-order valence-electron chi connectivity index (χ1n) is 6.92. The molecule has 1 aromatic rings. The Morgan fingerprint density at radius 1 is 1.42 bits per heavy atom. The van der Waals surface area contributed by atoms with Gasteiger partial charge in [0.1, 0.15) is 5.60 Å². The van der Waals surface area contributed by atoms with E-state index in [2.05, 4.69) is 22.4 Å². The lowest BCUT2D eigenvalue weighted by atomic mass is 9.93. The SMILES string of the molecule is CCCNC(C)c1nc(C2(OC)CCOCC2)no1. The van der Waals surface area contributed by atoms with Gasteiger partial charge in [0, 0.05) is 33.2 Å². The van der Waals surface area contributed by atoms with Crippen LogP contribution in [0.1, 0.15) is 50.9 Å². The minimum atomic E-state index is -0.454. The lowest BCUT2D eigenvalue weighted by Gasteiger charge is -2.32. The fourth-order valence-corrected chi connectivity index (χ4v) is 2.26. The summed E-state index contributed by atoms with van der Waals surface area (Å²) >= 11 is 0. The van der Waals surface area contributed by atoms with Crippen molar-refractivity contribution in [2.75, 3.05) is 26.9 Å². The summed E-state index contributed by atoms with van der Waals surface area (Å²) in [7, 11) is 1.69. The van der Waals surface area contributed by atoms with Crippen LogP contribution in [0.25, 0.3) is 0 Å². The number of nitrogens with one attached hydrogen (secondary N) is 1. The molecule has 108 valence electrons. The molecule has 6 nitrogen and oxygen atoms in total. The Labute approximate surface area is 113 Å². The van der Waals surface area contributed by atoms with E-state index in [9.17, 15) is 0 Å². The van der Waals surface area contributed by atoms with Crippen LogP contribution in [-0.4, -0.2) is 37.0 Å². The smallest absolute Gasteiger partial charge is 0.243 e. The van der Waals surface area contributed by atoms with E-state index in [1.165, 1.54) is 0 Å². The Morgan fingerprint density at radius 3 is 2.79 bits per heavy atom. The van der Waals surface area contributed by atoms with Crippen molar-refractivity contribution in [2.24, 2.45) is 0 Å². The second-order valence-electron chi connectivity index (χ2n) is 4.94. The summed E-state index contributed by atoms with van der Waals surface area (Å²) < 4.78 is 16.4. The van der Waals surface area contributed by atoms with Gasteiger partial charge in [-0.25, -0.2) is 0 Å². The van der Waals surface area contributed by atoms with Crippen LogP contribution in [0.2, 0.25) is 0 Å². The predicted octanol–water partition coefficient (Wildman–Crippen LogP) is 1.78. The molecule has 0 aliphatic carbocycles. The maximum atomic E-state index is 5.65. The topological polar surface area (TPSA) is 69.4 Å². The van der Waals surface area contributed by atoms with Crippen molar-refractivity contribution in [3.63, 3.8) is 0 Å². The summed E-state index contributed by atoms with van der Waals surface area (Å²) in [6, 6.07) is 0.0648. The first-order chi connectivity index (χ1) is 9.22. The zero-order chi connectivity index (χ0) is 13.7. The maximum Gasteiger partial charge on any atom is 0.243 e. The van der Waals surface area contributed by atoms with Crippen molar-refractivity contribution in [3.8, 4) is 0 Å². The molecule has 2 heterocycles. The summed E-state index contributed by atoms with van der Waals surface area (Å²) in [4.78, 5) is 4.51. The monoisotopic (exact) mass is 269 g/mol. The Balaban J connectivity index is 2.10. The number of hydrogen-bond donors (Lipinski definition) is 1. The molecule has 19 heavy (non-hydrogen) atoms. The number of hydrogen-bond acceptors (Lipinski definition) is 6. The van der Waals surface area contributed by atoms with Gasteiger partial charge in [0.2, 0.25) is 11.7 Å². The van der Waals surface area contributed by atoms with Crippen LogP contribution >= 0.6 is 0 Å². The largest absolute Gasteiger partial charge is 0.381 e. The average Bonchev–Trinajstić information content (AvgIpc) is 2.96. The molecule has 1 aliphatic rings. The highest BCUT2D eigenvalue weighted by Gasteiger charge is 2.39. The molecule has 1 aliphatic heterocycles. The Bertz CT molecular complexity index is 388. The first kappa shape index (κ1) is 14.4. The first-order valence-corrected chi connectivity index (χ1v) is 6.92. The third kappa shape index (κ3) is 3.13. The van der Waals surface area contributed by atoms with Crippen molar-refractivity contribution in [3.05, 3.63) is 11.7 Å². The molecule has 6 heteroatoms. The zero-order valence-electron chi connectivity index (χ0n) is 11.9. The van der Waals surface area contributed by atoms with Crippen molar-refractivity contribution >= 4 is 0 Å². The van der Waals surface area contributed by atoms with E-state index in [0.717, 1.165) is 25.8 Å². The average molecular weight is 269 g/mol. The number of ether oxygens (including phenoxy) is 2. The van der Waals surface area contributed by atoms with Crippen molar-refractivity contribution in [1.29, 1.82) is 0 Å². The van der Waals surface area contributed by atoms with E-state index in [0.29, 0.717) is 24.9 Å². The molecule has 1 unspecified atom stereocenters. The number of methoxy groups -OCH3 is 1. The van der Waals surface area contributed by atoms with Crippen LogP contribution in [0.5, 0.6) is 0 Å². The molecule has 0 spiro atoms. The van der Waals surface area contributed by atoms with Crippen LogP contribution in [0, 0.1) is 0 Å². The third-order valence-electron chi connectivity index (χ3n) is 3.61. The van der Waals surface area contributed by atoms with Gasteiger partial charge >= 0.3 is 0 Å². The van der Waals surface area contributed by atoms with Crippen molar-refractivity contribution in [2.45, 2.75) is 44.8 Å². The van der Waals surface area contributed by atoms with E-state index in [1.54, 1.807) is 7.11 Å². The van der Waals surface area contributed by atoms with Gasteiger partial charge in [-0.05, 0) is 19.9 Å². The van der Waals surface area contributed by atoms with Gasteiger partial charge < -0.3 is 19.3 Å². The van der Waals surface area contributed by atoms with Gasteiger partial charge in [0.15, 0.2) is 0 Å².